The molecule has 1 aromatic carbocycles. The van der Waals surface area contributed by atoms with Gasteiger partial charge in [-0.1, -0.05) is 23.2 Å². The number of hydrogen-bond acceptors (Lipinski definition) is 6. The van der Waals surface area contributed by atoms with Gasteiger partial charge in [0.05, 0.1) is 28.8 Å². The van der Waals surface area contributed by atoms with Crippen molar-refractivity contribution < 1.29 is 13.9 Å². The van der Waals surface area contributed by atoms with Gasteiger partial charge in [-0.25, -0.2) is 9.97 Å². The highest BCUT2D eigenvalue weighted by molar-refractivity contribution is 6.42. The van der Waals surface area contributed by atoms with Gasteiger partial charge in [-0.2, -0.15) is 0 Å². The van der Waals surface area contributed by atoms with Crippen LogP contribution in [0.3, 0.4) is 0 Å². The maximum absolute atomic E-state index is 13.2. The van der Waals surface area contributed by atoms with E-state index in [1.807, 2.05) is 0 Å². The fourth-order valence-corrected chi connectivity index (χ4v) is 4.36. The van der Waals surface area contributed by atoms with Gasteiger partial charge in [0.25, 0.3) is 5.91 Å². The highest BCUT2D eigenvalue weighted by atomic mass is 35.5. The number of ether oxygens (including phenoxy) is 1. The Balaban J connectivity index is 1.35. The summed E-state index contributed by atoms with van der Waals surface area (Å²) >= 11 is 12.1. The molecule has 3 aromatic heterocycles. The molecule has 2 aliphatic rings. The van der Waals surface area contributed by atoms with Gasteiger partial charge < -0.3 is 19.4 Å². The van der Waals surface area contributed by atoms with E-state index in [1.54, 1.807) is 30.6 Å². The van der Waals surface area contributed by atoms with E-state index in [-0.39, 0.29) is 5.91 Å². The van der Waals surface area contributed by atoms with Crippen molar-refractivity contribution in [3.05, 3.63) is 57.3 Å². The molecular formula is C22H16Cl2N4O3. The third-order valence-corrected chi connectivity index (χ3v) is 6.41. The van der Waals surface area contributed by atoms with E-state index < -0.39 is 0 Å². The molecule has 9 heteroatoms. The molecule has 1 saturated heterocycles. The Morgan fingerprint density at radius 2 is 1.77 bits per heavy atom. The Kier molecular flexibility index (Phi) is 4.31. The predicted molar refractivity (Wildman–Crippen MR) is 119 cm³/mol. The molecule has 0 atom stereocenters. The zero-order valence-electron chi connectivity index (χ0n) is 16.2. The fourth-order valence-electron chi connectivity index (χ4n) is 4.06. The van der Waals surface area contributed by atoms with Gasteiger partial charge in [-0.05, 0) is 18.2 Å². The average molecular weight is 455 g/mol. The number of carbonyl (C=O) groups excluding carboxylic acids is 1. The van der Waals surface area contributed by atoms with Crippen molar-refractivity contribution in [3.63, 3.8) is 0 Å². The number of aromatic nitrogens is 2. The summed E-state index contributed by atoms with van der Waals surface area (Å²) in [5.41, 5.74) is 6.18. The smallest absolute Gasteiger partial charge is 0.260 e. The maximum atomic E-state index is 13.2. The molecule has 31 heavy (non-hydrogen) atoms. The molecule has 4 heterocycles. The molecule has 1 N–H and O–H groups in total. The van der Waals surface area contributed by atoms with Gasteiger partial charge >= 0.3 is 0 Å². The van der Waals surface area contributed by atoms with Crippen LogP contribution in [0.1, 0.15) is 21.5 Å². The monoisotopic (exact) mass is 454 g/mol. The molecule has 156 valence electrons. The van der Waals surface area contributed by atoms with Crippen molar-refractivity contribution in [1.82, 2.24) is 9.97 Å². The number of halogens is 2. The average Bonchev–Trinajstić information content (AvgIpc) is 3.41. The number of rotatable bonds is 4. The van der Waals surface area contributed by atoms with E-state index in [4.69, 9.17) is 32.4 Å². The summed E-state index contributed by atoms with van der Waals surface area (Å²) in [5, 5.41) is 3.70. The van der Waals surface area contributed by atoms with E-state index in [0.29, 0.717) is 46.0 Å². The molecule has 1 aliphatic carbocycles. The Bertz CT molecular complexity index is 1310. The van der Waals surface area contributed by atoms with E-state index in [2.05, 4.69) is 20.2 Å². The first kappa shape index (κ1) is 18.9. The van der Waals surface area contributed by atoms with Gasteiger partial charge in [-0.15, -0.1) is 0 Å². The zero-order valence-corrected chi connectivity index (χ0v) is 17.8. The molecule has 1 fully saturated rings. The largest absolute Gasteiger partial charge is 0.455 e. The molecule has 4 aromatic rings. The van der Waals surface area contributed by atoms with Crippen LogP contribution in [0.2, 0.25) is 10.0 Å². The number of anilines is 2. The summed E-state index contributed by atoms with van der Waals surface area (Å²) < 4.78 is 11.3. The van der Waals surface area contributed by atoms with Crippen molar-refractivity contribution in [2.24, 2.45) is 0 Å². The van der Waals surface area contributed by atoms with Crippen LogP contribution in [0.25, 0.3) is 22.3 Å². The van der Waals surface area contributed by atoms with Crippen molar-refractivity contribution in [1.29, 1.82) is 0 Å². The Labute approximate surface area is 187 Å². The molecule has 0 spiro atoms. The first-order valence-corrected chi connectivity index (χ1v) is 10.7. The number of nitrogens with zero attached hydrogens (tertiary/aromatic N) is 3. The van der Waals surface area contributed by atoms with E-state index in [1.165, 1.54) is 0 Å². The number of benzene rings is 2. The maximum Gasteiger partial charge on any atom is 0.260 e. The van der Waals surface area contributed by atoms with E-state index in [9.17, 15) is 4.79 Å². The molecule has 2 bridgehead atoms. The van der Waals surface area contributed by atoms with Crippen LogP contribution in [0, 0.1) is 0 Å². The van der Waals surface area contributed by atoms with Crippen LogP contribution < -0.4 is 10.2 Å². The van der Waals surface area contributed by atoms with Crippen molar-refractivity contribution in [3.8, 4) is 11.1 Å². The number of morpholine rings is 1. The third-order valence-electron chi connectivity index (χ3n) is 5.67. The van der Waals surface area contributed by atoms with E-state index >= 15 is 0 Å². The Morgan fingerprint density at radius 1 is 1.03 bits per heavy atom. The lowest BCUT2D eigenvalue weighted by Gasteiger charge is -2.26. The van der Waals surface area contributed by atoms with Crippen molar-refractivity contribution >= 4 is 51.9 Å². The number of carbonyl (C=O) groups is 1. The standard InChI is InChI=1S/C22H16Cl2N4O3/c23-15-2-1-12(7-16(15)24)27-21(29)18-17(19-13-8-14(13)20(18)31-19)11-9-25-22(26-10-11)28-3-5-30-6-4-28/h1-2,7,9-10H,3-6,8H2,(H,27,29). The summed E-state index contributed by atoms with van der Waals surface area (Å²) in [7, 11) is 0. The second kappa shape index (κ2) is 7.09. The minimum atomic E-state index is -0.269. The second-order valence-corrected chi connectivity index (χ2v) is 8.41. The predicted octanol–water partition coefficient (Wildman–Crippen LogP) is 4.63. The minimum Gasteiger partial charge on any atom is -0.455 e. The highest BCUT2D eigenvalue weighted by Gasteiger charge is 2.38. The first-order chi connectivity index (χ1) is 15.1. The number of fused-ring (bicyclic) bond motifs is 5. The second-order valence-electron chi connectivity index (χ2n) is 7.60. The fraction of sp³-hybridized carbons (Fsp3) is 0.227. The minimum absolute atomic E-state index is 0.269. The molecule has 7 nitrogen and oxygen atoms in total. The van der Waals surface area contributed by atoms with Crippen LogP contribution in [-0.2, 0) is 11.2 Å². The third kappa shape index (κ3) is 3.12. The normalized spacial score (nSPS) is 15.4. The number of amides is 1. The summed E-state index contributed by atoms with van der Waals surface area (Å²) in [4.78, 5) is 24.4. The van der Waals surface area contributed by atoms with Gasteiger partial charge in [0.1, 0.15) is 11.2 Å². The summed E-state index contributed by atoms with van der Waals surface area (Å²) in [6.07, 6.45) is 4.35. The quantitative estimate of drug-likeness (QED) is 0.426. The SMILES string of the molecule is O=C(Nc1ccc(Cl)c(Cl)c1)c1c(-c2cnc(N3CCOCC3)nc2)c2oc1c1c2C1. The first-order valence-electron chi connectivity index (χ1n) is 9.91. The molecule has 1 amide bonds. The lowest BCUT2D eigenvalue weighted by molar-refractivity contribution is 0.102. The molecule has 1 aliphatic heterocycles. The van der Waals surface area contributed by atoms with E-state index in [0.717, 1.165) is 47.3 Å². The zero-order chi connectivity index (χ0) is 21.1. The Morgan fingerprint density at radius 3 is 2.52 bits per heavy atom. The van der Waals surface area contributed by atoms with Gasteiger partial charge in [-0.3, -0.25) is 4.79 Å². The number of hydrogen-bond donors (Lipinski definition) is 1. The van der Waals surface area contributed by atoms with Crippen molar-refractivity contribution in [2.75, 3.05) is 36.5 Å². The topological polar surface area (TPSA) is 80.5 Å². The molecule has 0 unspecified atom stereocenters. The summed E-state index contributed by atoms with van der Waals surface area (Å²) in [6, 6.07) is 4.98. The van der Waals surface area contributed by atoms with Gasteiger partial charge in [0, 0.05) is 59.8 Å². The van der Waals surface area contributed by atoms with Crippen LogP contribution >= 0.6 is 23.2 Å². The molecule has 0 saturated carbocycles. The van der Waals surface area contributed by atoms with Crippen LogP contribution in [0.15, 0.2) is 35.0 Å². The van der Waals surface area contributed by atoms with Gasteiger partial charge in [0.2, 0.25) is 5.95 Å². The summed E-state index contributed by atoms with van der Waals surface area (Å²) in [5.74, 6) is 0.386. The van der Waals surface area contributed by atoms with Crippen molar-refractivity contribution in [2.45, 2.75) is 6.42 Å². The molecular weight excluding hydrogens is 439 g/mol. The summed E-state index contributed by atoms with van der Waals surface area (Å²) in [6.45, 7) is 2.84. The van der Waals surface area contributed by atoms with Crippen LogP contribution in [-0.4, -0.2) is 42.2 Å². The number of nitrogens with one attached hydrogen (secondary N) is 1. The molecule has 0 radical (unpaired) electrons. The lowest BCUT2D eigenvalue weighted by atomic mass is 10.0. The molecule has 6 rings (SSSR count). The lowest BCUT2D eigenvalue weighted by Crippen LogP contribution is -2.37. The highest BCUT2D eigenvalue weighted by Crippen LogP contribution is 2.50. The van der Waals surface area contributed by atoms with Crippen LogP contribution in [0.5, 0.6) is 0 Å². The van der Waals surface area contributed by atoms with Crippen LogP contribution in [0.4, 0.5) is 11.6 Å². The number of furan rings is 2. The Hall–Kier alpha value is -2.87. The van der Waals surface area contributed by atoms with Gasteiger partial charge in [0.15, 0.2) is 0 Å².